The van der Waals surface area contributed by atoms with E-state index in [-0.39, 0.29) is 5.91 Å². The Morgan fingerprint density at radius 3 is 2.39 bits per heavy atom. The van der Waals surface area contributed by atoms with Crippen LogP contribution in [0.25, 0.3) is 5.82 Å². The fraction of sp³-hybridized carbons (Fsp3) is 0.600. The lowest BCUT2D eigenvalue weighted by atomic mass is 10.1. The van der Waals surface area contributed by atoms with E-state index in [0.717, 1.165) is 75.0 Å². The van der Waals surface area contributed by atoms with Crippen molar-refractivity contribution in [2.75, 3.05) is 44.3 Å². The van der Waals surface area contributed by atoms with Crippen molar-refractivity contribution < 1.29 is 9.53 Å². The monoisotopic (exact) mass is 384 g/mol. The zero-order valence-electron chi connectivity index (χ0n) is 16.7. The lowest BCUT2D eigenvalue weighted by molar-refractivity contribution is -0.130. The van der Waals surface area contributed by atoms with Crippen LogP contribution in [0.5, 0.6) is 0 Å². The van der Waals surface area contributed by atoms with E-state index in [0.29, 0.717) is 18.7 Å². The fourth-order valence-electron chi connectivity index (χ4n) is 4.01. The number of hydrogen-bond donors (Lipinski definition) is 0. The maximum Gasteiger partial charge on any atom is 0.222 e. The average molecular weight is 384 g/mol. The van der Waals surface area contributed by atoms with E-state index in [9.17, 15) is 4.79 Å². The molecule has 0 radical (unpaired) electrons. The third-order valence-electron chi connectivity index (χ3n) is 5.68. The topological polar surface area (TPSA) is 76.4 Å². The van der Waals surface area contributed by atoms with Gasteiger partial charge in [-0.2, -0.15) is 5.10 Å². The van der Waals surface area contributed by atoms with E-state index in [4.69, 9.17) is 4.74 Å². The van der Waals surface area contributed by atoms with Crippen LogP contribution in [0.2, 0.25) is 0 Å². The van der Waals surface area contributed by atoms with E-state index in [1.807, 2.05) is 35.6 Å². The first-order valence-corrected chi connectivity index (χ1v) is 10.1. The maximum atomic E-state index is 12.4. The smallest absolute Gasteiger partial charge is 0.222 e. The van der Waals surface area contributed by atoms with Gasteiger partial charge in [0.15, 0.2) is 11.6 Å². The second-order valence-corrected chi connectivity index (χ2v) is 7.50. The molecule has 2 fully saturated rings. The van der Waals surface area contributed by atoms with Crippen molar-refractivity contribution in [3.63, 3.8) is 0 Å². The molecule has 1 amide bonds. The Balaban J connectivity index is 1.46. The summed E-state index contributed by atoms with van der Waals surface area (Å²) in [5.41, 5.74) is 3.11. The molecular formula is C20H28N6O2. The molecule has 0 bridgehead atoms. The third kappa shape index (κ3) is 3.87. The number of amides is 1. The summed E-state index contributed by atoms with van der Waals surface area (Å²) in [6.07, 6.45) is 3.50. The number of nitrogens with zero attached hydrogens (tertiary/aromatic N) is 6. The van der Waals surface area contributed by atoms with E-state index in [1.165, 1.54) is 0 Å². The van der Waals surface area contributed by atoms with Gasteiger partial charge in [-0.3, -0.25) is 4.79 Å². The van der Waals surface area contributed by atoms with E-state index < -0.39 is 0 Å². The zero-order chi connectivity index (χ0) is 19.5. The van der Waals surface area contributed by atoms with Gasteiger partial charge in [-0.1, -0.05) is 0 Å². The Kier molecular flexibility index (Phi) is 5.57. The second kappa shape index (κ2) is 8.26. The number of morpholine rings is 1. The normalized spacial score (nSPS) is 17.4. The Labute approximate surface area is 165 Å². The summed E-state index contributed by atoms with van der Waals surface area (Å²) in [4.78, 5) is 16.5. The molecule has 8 nitrogen and oxygen atoms in total. The number of anilines is 1. The van der Waals surface area contributed by atoms with Crippen LogP contribution in [0.1, 0.15) is 36.2 Å². The molecule has 2 saturated heterocycles. The van der Waals surface area contributed by atoms with Crippen molar-refractivity contribution in [1.82, 2.24) is 24.9 Å². The summed E-state index contributed by atoms with van der Waals surface area (Å²) in [5, 5.41) is 13.4. The minimum Gasteiger partial charge on any atom is -0.378 e. The van der Waals surface area contributed by atoms with Gasteiger partial charge >= 0.3 is 0 Å². The number of aromatic nitrogens is 4. The standard InChI is InChI=1S/C20H28N6O2/c1-15-17(5-8-20(27)25-9-3-4-10-25)16(2)26(23-15)19-7-6-18(21-22-19)24-11-13-28-14-12-24/h6-7H,3-5,8-14H2,1-2H3. The molecule has 2 aliphatic rings. The third-order valence-corrected chi connectivity index (χ3v) is 5.68. The molecule has 150 valence electrons. The number of hydrogen-bond acceptors (Lipinski definition) is 6. The van der Waals surface area contributed by atoms with Crippen LogP contribution in [-0.4, -0.2) is 70.2 Å². The molecule has 4 rings (SSSR count). The van der Waals surface area contributed by atoms with Crippen LogP contribution in [0.15, 0.2) is 12.1 Å². The Morgan fingerprint density at radius 1 is 1.04 bits per heavy atom. The molecule has 0 spiro atoms. The summed E-state index contributed by atoms with van der Waals surface area (Å²) in [5.74, 6) is 1.82. The molecular weight excluding hydrogens is 356 g/mol. The van der Waals surface area contributed by atoms with Crippen molar-refractivity contribution in [1.29, 1.82) is 0 Å². The van der Waals surface area contributed by atoms with E-state index >= 15 is 0 Å². The van der Waals surface area contributed by atoms with Gasteiger partial charge in [0.1, 0.15) is 0 Å². The Hall–Kier alpha value is -2.48. The van der Waals surface area contributed by atoms with Gasteiger partial charge in [0.05, 0.1) is 18.9 Å². The SMILES string of the molecule is Cc1nn(-c2ccc(N3CCOCC3)nn2)c(C)c1CCC(=O)N1CCCC1. The molecule has 0 unspecified atom stereocenters. The molecule has 2 aliphatic heterocycles. The number of aryl methyl sites for hydroxylation is 1. The van der Waals surface area contributed by atoms with Crippen LogP contribution in [0.3, 0.4) is 0 Å². The predicted octanol–water partition coefficient (Wildman–Crippen LogP) is 1.67. The first-order valence-electron chi connectivity index (χ1n) is 10.1. The number of ether oxygens (including phenoxy) is 1. The molecule has 4 heterocycles. The fourth-order valence-corrected chi connectivity index (χ4v) is 4.01. The van der Waals surface area contributed by atoms with Crippen molar-refractivity contribution >= 4 is 11.7 Å². The molecule has 0 aliphatic carbocycles. The van der Waals surface area contributed by atoms with E-state index in [2.05, 4.69) is 20.2 Å². The molecule has 0 N–H and O–H groups in total. The summed E-state index contributed by atoms with van der Waals surface area (Å²) in [6.45, 7) is 8.96. The first-order chi connectivity index (χ1) is 13.6. The minimum atomic E-state index is 0.249. The van der Waals surface area contributed by atoms with E-state index in [1.54, 1.807) is 0 Å². The quantitative estimate of drug-likeness (QED) is 0.781. The van der Waals surface area contributed by atoms with Crippen molar-refractivity contribution in [3.05, 3.63) is 29.1 Å². The highest BCUT2D eigenvalue weighted by atomic mass is 16.5. The van der Waals surface area contributed by atoms with Crippen LogP contribution in [0.4, 0.5) is 5.82 Å². The predicted molar refractivity (Wildman–Crippen MR) is 106 cm³/mol. The van der Waals surface area contributed by atoms with Crippen molar-refractivity contribution in [2.45, 2.75) is 39.5 Å². The molecule has 8 heteroatoms. The lowest BCUT2D eigenvalue weighted by Crippen LogP contribution is -2.36. The number of carbonyl (C=O) groups excluding carboxylic acids is 1. The first kappa shape index (κ1) is 18.9. The molecule has 0 atom stereocenters. The number of carbonyl (C=O) groups is 1. The molecule has 0 saturated carbocycles. The van der Waals surface area contributed by atoms with Crippen LogP contribution in [0, 0.1) is 13.8 Å². The Morgan fingerprint density at radius 2 is 1.71 bits per heavy atom. The summed E-state index contributed by atoms with van der Waals surface area (Å²) >= 11 is 0. The van der Waals surface area contributed by atoms with Gasteiger partial charge in [0, 0.05) is 38.3 Å². The van der Waals surface area contributed by atoms with Crippen LogP contribution >= 0.6 is 0 Å². The van der Waals surface area contributed by atoms with Crippen LogP contribution < -0.4 is 4.90 Å². The molecule has 2 aromatic rings. The molecule has 0 aromatic carbocycles. The van der Waals surface area contributed by atoms with Gasteiger partial charge in [-0.15, -0.1) is 10.2 Å². The highest BCUT2D eigenvalue weighted by molar-refractivity contribution is 5.76. The molecule has 2 aromatic heterocycles. The van der Waals surface area contributed by atoms with Gasteiger partial charge in [-0.25, -0.2) is 4.68 Å². The summed E-state index contributed by atoms with van der Waals surface area (Å²) in [7, 11) is 0. The van der Waals surface area contributed by atoms with Crippen LogP contribution in [-0.2, 0) is 16.0 Å². The van der Waals surface area contributed by atoms with Gasteiger partial charge in [0.2, 0.25) is 5.91 Å². The van der Waals surface area contributed by atoms with Crippen molar-refractivity contribution in [2.24, 2.45) is 0 Å². The highest BCUT2D eigenvalue weighted by Gasteiger charge is 2.20. The Bertz CT molecular complexity index is 820. The van der Waals surface area contributed by atoms with Gasteiger partial charge < -0.3 is 14.5 Å². The minimum absolute atomic E-state index is 0.249. The van der Waals surface area contributed by atoms with Gasteiger partial charge in [-0.05, 0) is 50.8 Å². The highest BCUT2D eigenvalue weighted by Crippen LogP contribution is 2.20. The zero-order valence-corrected chi connectivity index (χ0v) is 16.7. The average Bonchev–Trinajstić information content (AvgIpc) is 3.36. The number of likely N-dealkylation sites (tertiary alicyclic amines) is 1. The second-order valence-electron chi connectivity index (χ2n) is 7.50. The van der Waals surface area contributed by atoms with Crippen molar-refractivity contribution in [3.8, 4) is 5.82 Å². The number of rotatable bonds is 5. The lowest BCUT2D eigenvalue weighted by Gasteiger charge is -2.27. The summed E-state index contributed by atoms with van der Waals surface area (Å²) in [6, 6.07) is 3.94. The maximum absolute atomic E-state index is 12.4. The van der Waals surface area contributed by atoms with Gasteiger partial charge in [0.25, 0.3) is 0 Å². The largest absolute Gasteiger partial charge is 0.378 e. The molecule has 28 heavy (non-hydrogen) atoms. The summed E-state index contributed by atoms with van der Waals surface area (Å²) < 4.78 is 7.22.